The van der Waals surface area contributed by atoms with Crippen molar-refractivity contribution in [2.24, 2.45) is 0 Å². The Hall–Kier alpha value is -3.30. The lowest BCUT2D eigenvalue weighted by Gasteiger charge is -2.16. The molecule has 2 rings (SSSR count). The molecule has 0 radical (unpaired) electrons. The SMILES string of the molecule is COc1cccc(CC(C)NC(=O)C(=O)Nc2ccc(F)cc2OCC(F)(F)F)c1. The Bertz CT molecular complexity index is 903. The lowest BCUT2D eigenvalue weighted by Crippen LogP contribution is -2.41. The summed E-state index contributed by atoms with van der Waals surface area (Å²) in [5, 5.41) is 4.62. The van der Waals surface area contributed by atoms with E-state index in [4.69, 9.17) is 4.74 Å². The van der Waals surface area contributed by atoms with Crippen LogP contribution in [-0.2, 0) is 16.0 Å². The zero-order valence-electron chi connectivity index (χ0n) is 16.2. The molecule has 0 fully saturated rings. The van der Waals surface area contributed by atoms with Gasteiger partial charge in [-0.25, -0.2) is 4.39 Å². The van der Waals surface area contributed by atoms with Gasteiger partial charge < -0.3 is 20.1 Å². The minimum Gasteiger partial charge on any atom is -0.497 e. The van der Waals surface area contributed by atoms with Gasteiger partial charge in [0.05, 0.1) is 12.8 Å². The Kier molecular flexibility index (Phi) is 7.62. The van der Waals surface area contributed by atoms with Gasteiger partial charge in [0.2, 0.25) is 0 Å². The number of halogens is 4. The summed E-state index contributed by atoms with van der Waals surface area (Å²) in [5.41, 5.74) is 0.602. The average molecular weight is 428 g/mol. The smallest absolute Gasteiger partial charge is 0.422 e. The zero-order chi connectivity index (χ0) is 22.3. The number of methoxy groups -OCH3 is 1. The van der Waals surface area contributed by atoms with Crippen LogP contribution in [0.2, 0.25) is 0 Å². The number of anilines is 1. The highest BCUT2D eigenvalue weighted by Gasteiger charge is 2.29. The van der Waals surface area contributed by atoms with E-state index in [-0.39, 0.29) is 5.69 Å². The highest BCUT2D eigenvalue weighted by Crippen LogP contribution is 2.27. The first-order valence-corrected chi connectivity index (χ1v) is 8.81. The van der Waals surface area contributed by atoms with Crippen LogP contribution in [0, 0.1) is 5.82 Å². The first-order chi connectivity index (χ1) is 14.1. The van der Waals surface area contributed by atoms with Crippen molar-refractivity contribution in [1.82, 2.24) is 5.32 Å². The van der Waals surface area contributed by atoms with Crippen molar-refractivity contribution in [1.29, 1.82) is 0 Å². The molecule has 2 aromatic rings. The van der Waals surface area contributed by atoms with Crippen LogP contribution in [0.3, 0.4) is 0 Å². The van der Waals surface area contributed by atoms with E-state index in [2.05, 4.69) is 15.4 Å². The summed E-state index contributed by atoms with van der Waals surface area (Å²) >= 11 is 0. The number of nitrogens with one attached hydrogen (secondary N) is 2. The molecule has 0 aliphatic rings. The van der Waals surface area contributed by atoms with Crippen LogP contribution in [0.4, 0.5) is 23.2 Å². The number of benzene rings is 2. The van der Waals surface area contributed by atoms with Crippen LogP contribution in [0.1, 0.15) is 12.5 Å². The first-order valence-electron chi connectivity index (χ1n) is 8.81. The fourth-order valence-corrected chi connectivity index (χ4v) is 2.55. The third-order valence-corrected chi connectivity index (χ3v) is 3.84. The average Bonchev–Trinajstić information content (AvgIpc) is 2.67. The van der Waals surface area contributed by atoms with E-state index in [1.807, 2.05) is 6.07 Å². The molecule has 0 heterocycles. The Morgan fingerprint density at radius 2 is 1.83 bits per heavy atom. The third-order valence-electron chi connectivity index (χ3n) is 3.84. The number of ether oxygens (including phenoxy) is 2. The molecule has 0 saturated carbocycles. The van der Waals surface area contributed by atoms with Crippen molar-refractivity contribution in [3.05, 3.63) is 53.8 Å². The first kappa shape index (κ1) is 23.0. The van der Waals surface area contributed by atoms with E-state index in [1.54, 1.807) is 25.1 Å². The van der Waals surface area contributed by atoms with Crippen molar-refractivity contribution in [3.63, 3.8) is 0 Å². The summed E-state index contributed by atoms with van der Waals surface area (Å²) in [6, 6.07) is 9.34. The number of amides is 2. The largest absolute Gasteiger partial charge is 0.497 e. The normalized spacial score (nSPS) is 12.1. The van der Waals surface area contributed by atoms with Gasteiger partial charge in [0.25, 0.3) is 0 Å². The predicted octanol–water partition coefficient (Wildman–Crippen LogP) is 3.46. The minimum absolute atomic E-state index is 0.263. The number of hydrogen-bond donors (Lipinski definition) is 2. The number of carbonyl (C=O) groups excluding carboxylic acids is 2. The Morgan fingerprint density at radius 1 is 1.10 bits per heavy atom. The maximum absolute atomic E-state index is 13.3. The lowest BCUT2D eigenvalue weighted by atomic mass is 10.1. The molecular formula is C20H20F4N2O4. The maximum Gasteiger partial charge on any atom is 0.422 e. The molecule has 2 N–H and O–H groups in total. The Morgan fingerprint density at radius 3 is 2.50 bits per heavy atom. The highest BCUT2D eigenvalue weighted by atomic mass is 19.4. The standard InChI is InChI=1S/C20H20F4N2O4/c1-12(8-13-4-3-5-15(9-13)29-2)25-18(27)19(28)26-16-7-6-14(21)10-17(16)30-11-20(22,23)24/h3-7,9-10,12H,8,11H2,1-2H3,(H,25,27)(H,26,28). The molecule has 10 heteroatoms. The van der Waals surface area contributed by atoms with Crippen molar-refractivity contribution in [3.8, 4) is 11.5 Å². The van der Waals surface area contributed by atoms with E-state index >= 15 is 0 Å². The molecule has 0 aliphatic heterocycles. The Labute approximate surface area is 170 Å². The molecule has 0 aliphatic carbocycles. The summed E-state index contributed by atoms with van der Waals surface area (Å²) < 4.78 is 60.0. The van der Waals surface area contributed by atoms with E-state index in [1.165, 1.54) is 7.11 Å². The summed E-state index contributed by atoms with van der Waals surface area (Å²) in [5.74, 6) is -2.89. The van der Waals surface area contributed by atoms with Crippen LogP contribution >= 0.6 is 0 Å². The van der Waals surface area contributed by atoms with Gasteiger partial charge in [-0.15, -0.1) is 0 Å². The molecule has 0 aromatic heterocycles. The molecule has 0 saturated heterocycles. The number of rotatable bonds is 7. The summed E-state index contributed by atoms with van der Waals surface area (Å²) in [6.07, 6.45) is -4.24. The topological polar surface area (TPSA) is 76.7 Å². The highest BCUT2D eigenvalue weighted by molar-refractivity contribution is 6.39. The summed E-state index contributed by atoms with van der Waals surface area (Å²) in [7, 11) is 1.52. The van der Waals surface area contributed by atoms with Gasteiger partial charge in [-0.1, -0.05) is 12.1 Å². The fourth-order valence-electron chi connectivity index (χ4n) is 2.55. The lowest BCUT2D eigenvalue weighted by molar-refractivity contribution is -0.153. The van der Waals surface area contributed by atoms with Gasteiger partial charge in [-0.3, -0.25) is 9.59 Å². The molecule has 1 unspecified atom stereocenters. The fraction of sp³-hybridized carbons (Fsp3) is 0.300. The molecule has 0 spiro atoms. The molecule has 2 amide bonds. The van der Waals surface area contributed by atoms with Crippen molar-refractivity contribution < 1.29 is 36.6 Å². The van der Waals surface area contributed by atoms with Crippen LogP contribution < -0.4 is 20.1 Å². The van der Waals surface area contributed by atoms with E-state index < -0.39 is 42.2 Å². The number of carbonyl (C=O) groups is 2. The molecule has 30 heavy (non-hydrogen) atoms. The van der Waals surface area contributed by atoms with Crippen LogP contribution in [0.5, 0.6) is 11.5 Å². The monoisotopic (exact) mass is 428 g/mol. The van der Waals surface area contributed by atoms with Crippen LogP contribution in [-0.4, -0.2) is 37.7 Å². The van der Waals surface area contributed by atoms with Gasteiger partial charge in [0, 0.05) is 12.1 Å². The van der Waals surface area contributed by atoms with Crippen molar-refractivity contribution >= 4 is 17.5 Å². The number of alkyl halides is 3. The van der Waals surface area contributed by atoms with Gasteiger partial charge in [-0.2, -0.15) is 13.2 Å². The zero-order valence-corrected chi connectivity index (χ0v) is 16.2. The Balaban J connectivity index is 1.98. The third kappa shape index (κ3) is 7.26. The van der Waals surface area contributed by atoms with Crippen molar-refractivity contribution in [2.75, 3.05) is 19.0 Å². The number of hydrogen-bond acceptors (Lipinski definition) is 4. The van der Waals surface area contributed by atoms with Crippen LogP contribution in [0.15, 0.2) is 42.5 Å². The molecular weight excluding hydrogens is 408 g/mol. The van der Waals surface area contributed by atoms with Gasteiger partial charge in [0.15, 0.2) is 6.61 Å². The molecule has 6 nitrogen and oxygen atoms in total. The van der Waals surface area contributed by atoms with Gasteiger partial charge in [-0.05, 0) is 43.2 Å². The predicted molar refractivity (Wildman–Crippen MR) is 101 cm³/mol. The molecule has 2 aromatic carbocycles. The van der Waals surface area contributed by atoms with Crippen LogP contribution in [0.25, 0.3) is 0 Å². The maximum atomic E-state index is 13.3. The summed E-state index contributed by atoms with van der Waals surface area (Å²) in [6.45, 7) is 0.00349. The molecule has 1 atom stereocenters. The molecule has 0 bridgehead atoms. The van der Waals surface area contributed by atoms with Crippen molar-refractivity contribution in [2.45, 2.75) is 25.6 Å². The second-order valence-electron chi connectivity index (χ2n) is 6.43. The second kappa shape index (κ2) is 9.95. The van der Waals surface area contributed by atoms with E-state index in [9.17, 15) is 27.2 Å². The summed E-state index contributed by atoms with van der Waals surface area (Å²) in [4.78, 5) is 24.2. The second-order valence-corrected chi connectivity index (χ2v) is 6.43. The van der Waals surface area contributed by atoms with Gasteiger partial charge in [0.1, 0.15) is 17.3 Å². The minimum atomic E-state index is -4.65. The quantitative estimate of drug-likeness (QED) is 0.523. The molecule has 162 valence electrons. The van der Waals surface area contributed by atoms with Gasteiger partial charge >= 0.3 is 18.0 Å². The van der Waals surface area contributed by atoms with E-state index in [0.29, 0.717) is 18.2 Å². The van der Waals surface area contributed by atoms with E-state index in [0.717, 1.165) is 17.7 Å².